The van der Waals surface area contributed by atoms with Gasteiger partial charge in [-0.2, -0.15) is 0 Å². The molecule has 3 aliphatic rings. The molecule has 0 atom stereocenters. The molecule has 0 unspecified atom stereocenters. The molecule has 0 aromatic heterocycles. The van der Waals surface area contributed by atoms with E-state index in [-0.39, 0.29) is 0 Å². The van der Waals surface area contributed by atoms with Crippen LogP contribution in [-0.2, 0) is 0 Å². The standard InChI is InChI=1S/C24H34BN/c1-9-10-17(2)21-11-12-22-18(3)13-20(14-26(22)19(21)4)25-15-23(5,6)24(7,8)16-25/h11-14H,2,4,9-10,15-16H2,1,3,5-8H3. The average Bonchev–Trinajstić information content (AvgIpc) is 2.76. The largest absolute Gasteiger partial charge is 0.317 e. The second-order valence-electron chi connectivity index (χ2n) is 9.63. The summed E-state index contributed by atoms with van der Waals surface area (Å²) in [6, 6.07) is 0. The third-order valence-electron chi connectivity index (χ3n) is 7.08. The average molecular weight is 347 g/mol. The Kier molecular flexibility index (Phi) is 4.75. The van der Waals surface area contributed by atoms with Crippen molar-refractivity contribution in [1.29, 1.82) is 0 Å². The van der Waals surface area contributed by atoms with Crippen LogP contribution in [0, 0.1) is 10.8 Å². The predicted molar refractivity (Wildman–Crippen MR) is 116 cm³/mol. The highest BCUT2D eigenvalue weighted by molar-refractivity contribution is 6.68. The van der Waals surface area contributed by atoms with Crippen molar-refractivity contribution in [1.82, 2.24) is 4.90 Å². The van der Waals surface area contributed by atoms with E-state index in [9.17, 15) is 0 Å². The Balaban J connectivity index is 1.92. The summed E-state index contributed by atoms with van der Waals surface area (Å²) in [5.41, 5.74) is 8.26. The molecule has 3 rings (SSSR count). The van der Waals surface area contributed by atoms with E-state index in [2.05, 4.69) is 84.0 Å². The van der Waals surface area contributed by atoms with Crippen molar-refractivity contribution in [3.05, 3.63) is 71.2 Å². The van der Waals surface area contributed by atoms with Gasteiger partial charge in [-0.05, 0) is 41.4 Å². The molecule has 1 fully saturated rings. The third kappa shape index (κ3) is 3.08. The van der Waals surface area contributed by atoms with Gasteiger partial charge in [-0.15, -0.1) is 0 Å². The zero-order valence-corrected chi connectivity index (χ0v) is 17.6. The molecule has 138 valence electrons. The summed E-state index contributed by atoms with van der Waals surface area (Å²) in [7, 11) is 0. The predicted octanol–water partition coefficient (Wildman–Crippen LogP) is 6.93. The Labute approximate surface area is 161 Å². The zero-order chi connectivity index (χ0) is 19.3. The molecule has 0 spiro atoms. The van der Waals surface area contributed by atoms with Gasteiger partial charge in [0.2, 0.25) is 0 Å². The molecule has 1 saturated heterocycles. The van der Waals surface area contributed by atoms with Crippen LogP contribution < -0.4 is 0 Å². The number of allylic oxidation sites excluding steroid dienone is 6. The summed E-state index contributed by atoms with van der Waals surface area (Å²) in [4.78, 5) is 2.30. The molecule has 2 heteroatoms. The van der Waals surface area contributed by atoms with E-state index in [1.807, 2.05) is 0 Å². The van der Waals surface area contributed by atoms with Gasteiger partial charge in [0.1, 0.15) is 0 Å². The quantitative estimate of drug-likeness (QED) is 0.499. The molecule has 0 aromatic carbocycles. The maximum atomic E-state index is 4.42. The van der Waals surface area contributed by atoms with Gasteiger partial charge in [0.05, 0.1) is 0 Å². The minimum absolute atomic E-state index is 0.371. The van der Waals surface area contributed by atoms with Gasteiger partial charge in [-0.1, -0.05) is 84.5 Å². The molecule has 0 aliphatic carbocycles. The first-order valence-corrected chi connectivity index (χ1v) is 10.1. The van der Waals surface area contributed by atoms with Crippen molar-refractivity contribution >= 4 is 6.71 Å². The first-order chi connectivity index (χ1) is 12.1. The molecule has 0 amide bonds. The van der Waals surface area contributed by atoms with Gasteiger partial charge >= 0.3 is 0 Å². The lowest BCUT2D eigenvalue weighted by Crippen LogP contribution is -2.27. The lowest BCUT2D eigenvalue weighted by Gasteiger charge is -2.35. The lowest BCUT2D eigenvalue weighted by atomic mass is 9.41. The second kappa shape index (κ2) is 6.48. The highest BCUT2D eigenvalue weighted by Crippen LogP contribution is 2.54. The first kappa shape index (κ1) is 19.1. The van der Waals surface area contributed by atoms with Gasteiger partial charge < -0.3 is 4.90 Å². The summed E-state index contributed by atoms with van der Waals surface area (Å²) in [6.07, 6.45) is 13.8. The summed E-state index contributed by atoms with van der Waals surface area (Å²) in [5, 5.41) is 0. The van der Waals surface area contributed by atoms with Crippen LogP contribution in [0.25, 0.3) is 0 Å². The van der Waals surface area contributed by atoms with E-state index in [0.717, 1.165) is 18.5 Å². The van der Waals surface area contributed by atoms with Crippen molar-refractivity contribution < 1.29 is 0 Å². The van der Waals surface area contributed by atoms with Crippen LogP contribution in [0.2, 0.25) is 12.6 Å². The summed E-state index contributed by atoms with van der Waals surface area (Å²) in [5.74, 6) is 0. The molecular weight excluding hydrogens is 313 g/mol. The van der Waals surface area contributed by atoms with Crippen LogP contribution in [-0.4, -0.2) is 11.6 Å². The minimum Gasteiger partial charge on any atom is -0.317 e. The Hall–Kier alpha value is -1.70. The second-order valence-corrected chi connectivity index (χ2v) is 9.63. The van der Waals surface area contributed by atoms with E-state index < -0.39 is 0 Å². The van der Waals surface area contributed by atoms with E-state index in [4.69, 9.17) is 0 Å². The fraction of sp³-hybridized carbons (Fsp3) is 0.500. The van der Waals surface area contributed by atoms with E-state index in [1.54, 1.807) is 0 Å². The molecule has 0 radical (unpaired) electrons. The lowest BCUT2D eigenvalue weighted by molar-refractivity contribution is 0.177. The Morgan fingerprint density at radius 1 is 1.15 bits per heavy atom. The van der Waals surface area contributed by atoms with Gasteiger partial charge in [0, 0.05) is 23.2 Å². The Morgan fingerprint density at radius 3 is 2.35 bits per heavy atom. The topological polar surface area (TPSA) is 3.24 Å². The molecular formula is C24H34BN. The van der Waals surface area contributed by atoms with Crippen LogP contribution in [0.1, 0.15) is 54.4 Å². The molecule has 3 heterocycles. The van der Waals surface area contributed by atoms with Crippen molar-refractivity contribution in [2.45, 2.75) is 67.0 Å². The number of fused-ring (bicyclic) bond motifs is 1. The molecule has 0 saturated carbocycles. The first-order valence-electron chi connectivity index (χ1n) is 10.1. The maximum Gasteiger partial charge on any atom is 0.178 e. The number of hydrogen-bond acceptors (Lipinski definition) is 1. The van der Waals surface area contributed by atoms with Gasteiger partial charge in [-0.3, -0.25) is 0 Å². The monoisotopic (exact) mass is 347 g/mol. The molecule has 1 nitrogen and oxygen atoms in total. The van der Waals surface area contributed by atoms with Crippen LogP contribution in [0.5, 0.6) is 0 Å². The van der Waals surface area contributed by atoms with Crippen molar-refractivity contribution in [2.24, 2.45) is 10.8 Å². The summed E-state index contributed by atoms with van der Waals surface area (Å²) in [6.45, 7) is 23.5. The van der Waals surface area contributed by atoms with Crippen LogP contribution in [0.15, 0.2) is 71.2 Å². The number of nitrogens with zero attached hydrogens (tertiary/aromatic N) is 1. The highest BCUT2D eigenvalue weighted by Gasteiger charge is 2.48. The highest BCUT2D eigenvalue weighted by atomic mass is 15.1. The molecule has 0 bridgehead atoms. The number of hydrogen-bond donors (Lipinski definition) is 0. The van der Waals surface area contributed by atoms with E-state index in [0.29, 0.717) is 17.5 Å². The summed E-state index contributed by atoms with van der Waals surface area (Å²) >= 11 is 0. The van der Waals surface area contributed by atoms with Gasteiger partial charge in [0.25, 0.3) is 0 Å². The maximum absolute atomic E-state index is 4.42. The van der Waals surface area contributed by atoms with Crippen LogP contribution in [0.4, 0.5) is 0 Å². The third-order valence-corrected chi connectivity index (χ3v) is 7.08. The zero-order valence-electron chi connectivity index (χ0n) is 17.6. The SMILES string of the molecule is C=C(CCC)C1=CC=C2C(C)=CC(B3CC(C)(C)C(C)(C)C3)=CN2C1=C. The van der Waals surface area contributed by atoms with Crippen LogP contribution >= 0.6 is 0 Å². The molecule has 0 aromatic rings. The fourth-order valence-electron chi connectivity index (χ4n) is 4.67. The summed E-state index contributed by atoms with van der Waals surface area (Å²) < 4.78 is 0. The normalized spacial score (nSPS) is 23.8. The van der Waals surface area contributed by atoms with Crippen molar-refractivity contribution in [3.8, 4) is 0 Å². The molecule has 0 N–H and O–H groups in total. The molecule has 26 heavy (non-hydrogen) atoms. The minimum atomic E-state index is 0.371. The van der Waals surface area contributed by atoms with Gasteiger partial charge in [0.15, 0.2) is 6.71 Å². The fourth-order valence-corrected chi connectivity index (χ4v) is 4.67. The number of rotatable bonds is 4. The van der Waals surface area contributed by atoms with Gasteiger partial charge in [-0.25, -0.2) is 0 Å². The van der Waals surface area contributed by atoms with E-state index in [1.165, 1.54) is 40.5 Å². The van der Waals surface area contributed by atoms with Crippen LogP contribution in [0.3, 0.4) is 0 Å². The Bertz CT molecular complexity index is 754. The van der Waals surface area contributed by atoms with Crippen molar-refractivity contribution in [3.63, 3.8) is 0 Å². The smallest absolute Gasteiger partial charge is 0.178 e. The Morgan fingerprint density at radius 2 is 1.77 bits per heavy atom. The molecule has 3 aliphatic heterocycles. The van der Waals surface area contributed by atoms with Crippen molar-refractivity contribution in [2.75, 3.05) is 0 Å². The van der Waals surface area contributed by atoms with E-state index >= 15 is 0 Å².